The van der Waals surface area contributed by atoms with Crippen LogP contribution in [0.15, 0.2) is 24.3 Å². The minimum absolute atomic E-state index is 0.174. The van der Waals surface area contributed by atoms with E-state index in [0.29, 0.717) is 6.61 Å². The zero-order valence-corrected chi connectivity index (χ0v) is 12.8. The molecule has 20 heavy (non-hydrogen) atoms. The molecule has 0 aliphatic heterocycles. The van der Waals surface area contributed by atoms with Crippen molar-refractivity contribution in [2.75, 3.05) is 13.2 Å². The highest BCUT2D eigenvalue weighted by atomic mass is 16.5. The van der Waals surface area contributed by atoms with Gasteiger partial charge in [-0.15, -0.1) is 0 Å². The van der Waals surface area contributed by atoms with Crippen LogP contribution in [0.3, 0.4) is 0 Å². The SMILES string of the molecule is CCOC(C)(C)CNCc1ccc(C(C)C(=O)O)cc1. The zero-order valence-electron chi connectivity index (χ0n) is 12.8. The van der Waals surface area contributed by atoms with E-state index in [4.69, 9.17) is 9.84 Å². The molecule has 1 unspecified atom stereocenters. The van der Waals surface area contributed by atoms with Gasteiger partial charge in [-0.05, 0) is 38.8 Å². The molecule has 4 heteroatoms. The van der Waals surface area contributed by atoms with Crippen molar-refractivity contribution in [1.82, 2.24) is 5.32 Å². The molecule has 0 fully saturated rings. The molecule has 0 aliphatic carbocycles. The second-order valence-corrected chi connectivity index (χ2v) is 5.60. The molecule has 0 radical (unpaired) electrons. The summed E-state index contributed by atoms with van der Waals surface area (Å²) in [6.07, 6.45) is 0. The van der Waals surface area contributed by atoms with Gasteiger partial charge in [0.1, 0.15) is 0 Å². The standard InChI is InChI=1S/C16H25NO3/c1-5-20-16(3,4)11-17-10-13-6-8-14(9-7-13)12(2)15(18)19/h6-9,12,17H,5,10-11H2,1-4H3,(H,18,19). The Kier molecular flexibility index (Phi) is 6.17. The summed E-state index contributed by atoms with van der Waals surface area (Å²) in [5.41, 5.74) is 1.79. The summed E-state index contributed by atoms with van der Waals surface area (Å²) in [4.78, 5) is 10.9. The number of hydrogen-bond donors (Lipinski definition) is 2. The number of carbonyl (C=O) groups is 1. The third-order valence-electron chi connectivity index (χ3n) is 3.27. The summed E-state index contributed by atoms with van der Waals surface area (Å²) in [5, 5.41) is 12.3. The lowest BCUT2D eigenvalue weighted by Crippen LogP contribution is -2.37. The van der Waals surface area contributed by atoms with Crippen molar-refractivity contribution in [1.29, 1.82) is 0 Å². The minimum atomic E-state index is -0.797. The fourth-order valence-corrected chi connectivity index (χ4v) is 2.02. The Morgan fingerprint density at radius 2 is 1.95 bits per heavy atom. The summed E-state index contributed by atoms with van der Waals surface area (Å²) in [6.45, 7) is 10.0. The number of ether oxygens (including phenoxy) is 1. The fraction of sp³-hybridized carbons (Fsp3) is 0.562. The molecule has 1 aromatic rings. The van der Waals surface area contributed by atoms with Crippen molar-refractivity contribution in [3.8, 4) is 0 Å². The maximum absolute atomic E-state index is 10.9. The number of rotatable bonds is 8. The molecular weight excluding hydrogens is 254 g/mol. The number of carboxylic acid groups (broad SMARTS) is 1. The van der Waals surface area contributed by atoms with Crippen LogP contribution in [0.25, 0.3) is 0 Å². The molecule has 0 spiro atoms. The Balaban J connectivity index is 2.48. The van der Waals surface area contributed by atoms with Crippen LogP contribution >= 0.6 is 0 Å². The van der Waals surface area contributed by atoms with Crippen molar-refractivity contribution in [3.63, 3.8) is 0 Å². The second-order valence-electron chi connectivity index (χ2n) is 5.60. The highest BCUT2D eigenvalue weighted by Crippen LogP contribution is 2.16. The van der Waals surface area contributed by atoms with Crippen LogP contribution in [0.1, 0.15) is 44.7 Å². The Morgan fingerprint density at radius 3 is 2.45 bits per heavy atom. The molecule has 1 atom stereocenters. The van der Waals surface area contributed by atoms with E-state index >= 15 is 0 Å². The van der Waals surface area contributed by atoms with Gasteiger partial charge in [0.15, 0.2) is 0 Å². The zero-order chi connectivity index (χ0) is 15.2. The Labute approximate surface area is 121 Å². The normalized spacial score (nSPS) is 13.2. The first-order chi connectivity index (χ1) is 9.35. The predicted molar refractivity (Wildman–Crippen MR) is 79.9 cm³/mol. The first-order valence-corrected chi connectivity index (χ1v) is 7.02. The van der Waals surface area contributed by atoms with E-state index in [1.165, 1.54) is 0 Å². The molecule has 0 aliphatic rings. The van der Waals surface area contributed by atoms with Crippen molar-refractivity contribution in [2.24, 2.45) is 0 Å². The van der Waals surface area contributed by atoms with Crippen molar-refractivity contribution in [2.45, 2.75) is 45.8 Å². The highest BCUT2D eigenvalue weighted by molar-refractivity contribution is 5.75. The number of nitrogens with one attached hydrogen (secondary N) is 1. The van der Waals surface area contributed by atoms with Gasteiger partial charge in [0, 0.05) is 19.7 Å². The van der Waals surface area contributed by atoms with Gasteiger partial charge in [-0.25, -0.2) is 0 Å². The number of benzene rings is 1. The van der Waals surface area contributed by atoms with Crippen molar-refractivity contribution < 1.29 is 14.6 Å². The molecule has 0 amide bonds. The molecule has 0 bridgehead atoms. The Hall–Kier alpha value is -1.39. The molecule has 4 nitrogen and oxygen atoms in total. The predicted octanol–water partition coefficient (Wildman–Crippen LogP) is 2.78. The summed E-state index contributed by atoms with van der Waals surface area (Å²) in [6, 6.07) is 7.69. The molecule has 1 rings (SSSR count). The van der Waals surface area contributed by atoms with Gasteiger partial charge in [0.2, 0.25) is 0 Å². The van der Waals surface area contributed by atoms with E-state index in [2.05, 4.69) is 19.2 Å². The van der Waals surface area contributed by atoms with Gasteiger partial charge >= 0.3 is 5.97 Å². The number of hydrogen-bond acceptors (Lipinski definition) is 3. The van der Waals surface area contributed by atoms with Crippen LogP contribution in [0.5, 0.6) is 0 Å². The van der Waals surface area contributed by atoms with Crippen LogP contribution in [-0.4, -0.2) is 29.8 Å². The molecule has 0 aromatic heterocycles. The topological polar surface area (TPSA) is 58.6 Å². The van der Waals surface area contributed by atoms with Crippen LogP contribution in [0.4, 0.5) is 0 Å². The maximum Gasteiger partial charge on any atom is 0.310 e. The molecule has 112 valence electrons. The van der Waals surface area contributed by atoms with E-state index in [-0.39, 0.29) is 5.60 Å². The lowest BCUT2D eigenvalue weighted by atomic mass is 10.00. The van der Waals surface area contributed by atoms with E-state index in [1.54, 1.807) is 6.92 Å². The van der Waals surface area contributed by atoms with Gasteiger partial charge < -0.3 is 15.2 Å². The molecular formula is C16H25NO3. The van der Waals surface area contributed by atoms with Crippen LogP contribution in [0, 0.1) is 0 Å². The highest BCUT2D eigenvalue weighted by Gasteiger charge is 2.16. The number of aliphatic carboxylic acids is 1. The molecule has 2 N–H and O–H groups in total. The quantitative estimate of drug-likeness (QED) is 0.768. The fourth-order valence-electron chi connectivity index (χ4n) is 2.02. The van der Waals surface area contributed by atoms with Crippen LogP contribution < -0.4 is 5.32 Å². The van der Waals surface area contributed by atoms with E-state index in [0.717, 1.165) is 24.2 Å². The maximum atomic E-state index is 10.9. The monoisotopic (exact) mass is 279 g/mol. The van der Waals surface area contributed by atoms with Crippen LogP contribution in [-0.2, 0) is 16.1 Å². The van der Waals surface area contributed by atoms with Crippen LogP contribution in [0.2, 0.25) is 0 Å². The molecule has 1 aromatic carbocycles. The largest absolute Gasteiger partial charge is 0.481 e. The average Bonchev–Trinajstić information content (AvgIpc) is 2.38. The minimum Gasteiger partial charge on any atom is -0.481 e. The first-order valence-electron chi connectivity index (χ1n) is 7.02. The average molecular weight is 279 g/mol. The molecule has 0 heterocycles. The van der Waals surface area contributed by atoms with Gasteiger partial charge in [-0.2, -0.15) is 0 Å². The Morgan fingerprint density at radius 1 is 1.35 bits per heavy atom. The lowest BCUT2D eigenvalue weighted by Gasteiger charge is -2.25. The van der Waals surface area contributed by atoms with E-state index < -0.39 is 11.9 Å². The smallest absolute Gasteiger partial charge is 0.310 e. The third-order valence-corrected chi connectivity index (χ3v) is 3.27. The summed E-state index contributed by atoms with van der Waals surface area (Å²) >= 11 is 0. The first kappa shape index (κ1) is 16.7. The second kappa shape index (κ2) is 7.41. The molecule has 0 saturated carbocycles. The number of carboxylic acids is 1. The summed E-state index contributed by atoms with van der Waals surface area (Å²) < 4.78 is 5.62. The van der Waals surface area contributed by atoms with E-state index in [1.807, 2.05) is 31.2 Å². The van der Waals surface area contributed by atoms with Crippen molar-refractivity contribution in [3.05, 3.63) is 35.4 Å². The van der Waals surface area contributed by atoms with Gasteiger partial charge in [0.05, 0.1) is 11.5 Å². The van der Waals surface area contributed by atoms with Gasteiger partial charge in [-0.3, -0.25) is 4.79 Å². The summed E-state index contributed by atoms with van der Waals surface area (Å²) in [5.74, 6) is -1.26. The molecule has 0 saturated heterocycles. The third kappa shape index (κ3) is 5.31. The lowest BCUT2D eigenvalue weighted by molar-refractivity contribution is -0.138. The van der Waals surface area contributed by atoms with Crippen molar-refractivity contribution >= 4 is 5.97 Å². The Bertz CT molecular complexity index is 426. The van der Waals surface area contributed by atoms with Gasteiger partial charge in [-0.1, -0.05) is 24.3 Å². The summed E-state index contributed by atoms with van der Waals surface area (Å²) in [7, 11) is 0. The van der Waals surface area contributed by atoms with Gasteiger partial charge in [0.25, 0.3) is 0 Å². The van der Waals surface area contributed by atoms with E-state index in [9.17, 15) is 4.79 Å².